The Balaban J connectivity index is 2.25. The first kappa shape index (κ1) is 14.6. The molecule has 0 atom stereocenters. The number of hydrogen-bond acceptors (Lipinski definition) is 4. The molecule has 20 heavy (non-hydrogen) atoms. The molecule has 0 aliphatic heterocycles. The van der Waals surface area contributed by atoms with Crippen LogP contribution in [0, 0.1) is 0 Å². The average molecular weight is 291 g/mol. The fourth-order valence-corrected chi connectivity index (χ4v) is 2.20. The zero-order chi connectivity index (χ0) is 14.4. The second-order valence-corrected chi connectivity index (χ2v) is 5.00. The van der Waals surface area contributed by atoms with Crippen LogP contribution in [0.1, 0.15) is 30.9 Å². The number of nitrogens with one attached hydrogen (secondary N) is 1. The molecule has 0 unspecified atom stereocenters. The summed E-state index contributed by atoms with van der Waals surface area (Å²) >= 11 is 6.23. The first-order chi connectivity index (χ1) is 9.70. The number of nitrogens with zero attached hydrogens (tertiary/aromatic N) is 2. The van der Waals surface area contributed by atoms with Crippen LogP contribution < -0.4 is 11.1 Å². The van der Waals surface area contributed by atoms with Crippen LogP contribution in [0.3, 0.4) is 0 Å². The Bertz CT molecular complexity index is 557. The summed E-state index contributed by atoms with van der Waals surface area (Å²) in [5.41, 5.74) is 7.74. The molecule has 5 heteroatoms. The van der Waals surface area contributed by atoms with Crippen LogP contribution in [0.25, 0.3) is 0 Å². The van der Waals surface area contributed by atoms with Crippen LogP contribution in [0.15, 0.2) is 30.3 Å². The molecule has 2 rings (SSSR count). The number of aromatic nitrogens is 2. The van der Waals surface area contributed by atoms with Crippen molar-refractivity contribution < 1.29 is 0 Å². The standard InChI is InChI=1S/C15H19ClN4/c1-2-3-9-18-14-12(13(16)19-15(17)20-14)10-11-7-5-4-6-8-11/h4-8H,2-3,9-10H2,1H3,(H3,17,18,19,20). The minimum Gasteiger partial charge on any atom is -0.370 e. The Morgan fingerprint density at radius 2 is 1.95 bits per heavy atom. The van der Waals surface area contributed by atoms with Crippen LogP contribution in [0.2, 0.25) is 5.15 Å². The summed E-state index contributed by atoms with van der Waals surface area (Å²) < 4.78 is 0. The van der Waals surface area contributed by atoms with Gasteiger partial charge in [0.25, 0.3) is 0 Å². The summed E-state index contributed by atoms with van der Waals surface area (Å²) in [6, 6.07) is 10.1. The fraction of sp³-hybridized carbons (Fsp3) is 0.333. The van der Waals surface area contributed by atoms with Gasteiger partial charge in [-0.1, -0.05) is 55.3 Å². The van der Waals surface area contributed by atoms with Crippen molar-refractivity contribution in [2.45, 2.75) is 26.2 Å². The van der Waals surface area contributed by atoms with E-state index in [2.05, 4.69) is 34.3 Å². The average Bonchev–Trinajstić information content (AvgIpc) is 2.44. The quantitative estimate of drug-likeness (QED) is 0.631. The first-order valence-corrected chi connectivity index (χ1v) is 7.18. The highest BCUT2D eigenvalue weighted by Gasteiger charge is 2.12. The molecular formula is C15H19ClN4. The third-order valence-corrected chi connectivity index (χ3v) is 3.33. The Morgan fingerprint density at radius 3 is 2.65 bits per heavy atom. The predicted octanol–water partition coefficient (Wildman–Crippen LogP) is 3.52. The van der Waals surface area contributed by atoms with Crippen molar-refractivity contribution in [3.05, 3.63) is 46.6 Å². The maximum Gasteiger partial charge on any atom is 0.223 e. The zero-order valence-corrected chi connectivity index (χ0v) is 12.3. The number of nitrogen functional groups attached to an aromatic ring is 1. The molecule has 0 aliphatic carbocycles. The van der Waals surface area contributed by atoms with E-state index >= 15 is 0 Å². The molecule has 106 valence electrons. The van der Waals surface area contributed by atoms with Crippen LogP contribution >= 0.6 is 11.6 Å². The third-order valence-electron chi connectivity index (χ3n) is 3.02. The van der Waals surface area contributed by atoms with E-state index in [1.807, 2.05) is 18.2 Å². The zero-order valence-electron chi connectivity index (χ0n) is 11.6. The highest BCUT2D eigenvalue weighted by atomic mass is 35.5. The molecule has 4 nitrogen and oxygen atoms in total. The molecule has 1 aromatic carbocycles. The van der Waals surface area contributed by atoms with Gasteiger partial charge in [-0.2, -0.15) is 4.98 Å². The fourth-order valence-electron chi connectivity index (χ4n) is 1.96. The molecule has 2 aromatic rings. The molecule has 0 amide bonds. The molecule has 0 saturated carbocycles. The van der Waals surface area contributed by atoms with E-state index in [9.17, 15) is 0 Å². The summed E-state index contributed by atoms with van der Waals surface area (Å²) in [5, 5.41) is 3.72. The number of hydrogen-bond donors (Lipinski definition) is 2. The number of benzene rings is 1. The van der Waals surface area contributed by atoms with Crippen molar-refractivity contribution in [3.63, 3.8) is 0 Å². The Labute approximate surface area is 124 Å². The number of rotatable bonds is 6. The van der Waals surface area contributed by atoms with Gasteiger partial charge in [-0.25, -0.2) is 4.98 Å². The first-order valence-electron chi connectivity index (χ1n) is 6.80. The molecule has 0 fully saturated rings. The molecule has 0 aliphatic rings. The van der Waals surface area contributed by atoms with Gasteiger partial charge < -0.3 is 11.1 Å². The van der Waals surface area contributed by atoms with Gasteiger partial charge >= 0.3 is 0 Å². The smallest absolute Gasteiger partial charge is 0.223 e. The normalized spacial score (nSPS) is 10.5. The molecule has 0 spiro atoms. The van der Waals surface area contributed by atoms with E-state index in [1.54, 1.807) is 0 Å². The lowest BCUT2D eigenvalue weighted by Crippen LogP contribution is -2.10. The van der Waals surface area contributed by atoms with Gasteiger partial charge in [0.05, 0.1) is 0 Å². The van der Waals surface area contributed by atoms with Crippen LogP contribution in [-0.2, 0) is 6.42 Å². The molecule has 0 bridgehead atoms. The SMILES string of the molecule is CCCCNc1nc(N)nc(Cl)c1Cc1ccccc1. The topological polar surface area (TPSA) is 63.8 Å². The Hall–Kier alpha value is -1.81. The van der Waals surface area contributed by atoms with E-state index in [1.165, 1.54) is 5.56 Å². The lowest BCUT2D eigenvalue weighted by atomic mass is 10.1. The minimum atomic E-state index is 0.200. The van der Waals surface area contributed by atoms with Crippen molar-refractivity contribution in [3.8, 4) is 0 Å². The van der Waals surface area contributed by atoms with Crippen molar-refractivity contribution in [2.75, 3.05) is 17.6 Å². The summed E-state index contributed by atoms with van der Waals surface area (Å²) in [5.74, 6) is 0.936. The molecule has 3 N–H and O–H groups in total. The monoisotopic (exact) mass is 290 g/mol. The second-order valence-electron chi connectivity index (χ2n) is 4.64. The van der Waals surface area contributed by atoms with Gasteiger partial charge in [-0.05, 0) is 12.0 Å². The van der Waals surface area contributed by atoms with Gasteiger partial charge in [0.2, 0.25) is 5.95 Å². The van der Waals surface area contributed by atoms with Gasteiger partial charge in [-0.15, -0.1) is 0 Å². The van der Waals surface area contributed by atoms with Crippen LogP contribution in [-0.4, -0.2) is 16.5 Å². The van der Waals surface area contributed by atoms with Crippen molar-refractivity contribution in [1.82, 2.24) is 9.97 Å². The molecule has 0 saturated heterocycles. The maximum absolute atomic E-state index is 6.23. The molecule has 0 radical (unpaired) electrons. The Morgan fingerprint density at radius 1 is 1.20 bits per heavy atom. The highest BCUT2D eigenvalue weighted by Crippen LogP contribution is 2.25. The van der Waals surface area contributed by atoms with Crippen LogP contribution in [0.4, 0.5) is 11.8 Å². The lowest BCUT2D eigenvalue weighted by molar-refractivity contribution is 0.828. The summed E-state index contributed by atoms with van der Waals surface area (Å²) in [7, 11) is 0. The molecular weight excluding hydrogens is 272 g/mol. The van der Waals surface area contributed by atoms with E-state index in [-0.39, 0.29) is 5.95 Å². The maximum atomic E-state index is 6.23. The summed E-state index contributed by atoms with van der Waals surface area (Å²) in [4.78, 5) is 8.32. The van der Waals surface area contributed by atoms with E-state index in [4.69, 9.17) is 17.3 Å². The second kappa shape index (κ2) is 7.10. The van der Waals surface area contributed by atoms with Gasteiger partial charge in [0.15, 0.2) is 0 Å². The van der Waals surface area contributed by atoms with Crippen molar-refractivity contribution >= 4 is 23.4 Å². The highest BCUT2D eigenvalue weighted by molar-refractivity contribution is 6.30. The summed E-state index contributed by atoms with van der Waals surface area (Å²) in [6.45, 7) is 3.00. The largest absolute Gasteiger partial charge is 0.370 e. The van der Waals surface area contributed by atoms with Crippen molar-refractivity contribution in [2.24, 2.45) is 0 Å². The number of nitrogens with two attached hydrogens (primary N) is 1. The number of halogens is 1. The van der Waals surface area contributed by atoms with Gasteiger partial charge in [0.1, 0.15) is 11.0 Å². The lowest BCUT2D eigenvalue weighted by Gasteiger charge is -2.12. The third kappa shape index (κ3) is 3.84. The van der Waals surface area contributed by atoms with Crippen molar-refractivity contribution in [1.29, 1.82) is 0 Å². The predicted molar refractivity (Wildman–Crippen MR) is 84.1 cm³/mol. The molecule has 1 heterocycles. The van der Waals surface area contributed by atoms with E-state index < -0.39 is 0 Å². The number of unbranched alkanes of at least 4 members (excludes halogenated alkanes) is 1. The minimum absolute atomic E-state index is 0.200. The molecule has 1 aromatic heterocycles. The summed E-state index contributed by atoms with van der Waals surface area (Å²) in [6.07, 6.45) is 2.88. The van der Waals surface area contributed by atoms with Crippen LogP contribution in [0.5, 0.6) is 0 Å². The van der Waals surface area contributed by atoms with Gasteiger partial charge in [0, 0.05) is 18.5 Å². The van der Waals surface area contributed by atoms with E-state index in [0.29, 0.717) is 11.6 Å². The Kier molecular flexibility index (Phi) is 5.18. The number of anilines is 2. The van der Waals surface area contributed by atoms with E-state index in [0.717, 1.165) is 30.8 Å². The van der Waals surface area contributed by atoms with Gasteiger partial charge in [-0.3, -0.25) is 0 Å².